The van der Waals surface area contributed by atoms with E-state index in [-0.39, 0.29) is 12.6 Å². The maximum atomic E-state index is 12.3. The lowest BCUT2D eigenvalue weighted by atomic mass is 9.91. The number of halogens is 3. The molecule has 0 saturated carbocycles. The van der Waals surface area contributed by atoms with E-state index in [1.165, 1.54) is 0 Å². The molecule has 0 radical (unpaired) electrons. The Labute approximate surface area is 104 Å². The number of ether oxygens (including phenoxy) is 1. The van der Waals surface area contributed by atoms with E-state index in [0.29, 0.717) is 19.5 Å². The monoisotopic (exact) mass is 268 g/mol. The predicted molar refractivity (Wildman–Crippen MR) is 60.2 cm³/mol. The average Bonchev–Trinajstić information content (AvgIpc) is 2.13. The van der Waals surface area contributed by atoms with Gasteiger partial charge in [-0.15, -0.1) is 0 Å². The quantitative estimate of drug-likeness (QED) is 0.851. The SMILES string of the molecule is CCOC(=O)NC1CC(CC(F)(F)F)CN(C)C1. The molecule has 1 N–H and O–H groups in total. The van der Waals surface area contributed by atoms with Gasteiger partial charge >= 0.3 is 12.3 Å². The molecule has 2 unspecified atom stereocenters. The Kier molecular flexibility index (Phi) is 5.25. The minimum Gasteiger partial charge on any atom is -0.450 e. The van der Waals surface area contributed by atoms with Crippen LogP contribution in [0.15, 0.2) is 0 Å². The van der Waals surface area contributed by atoms with Crippen LogP contribution in [0.3, 0.4) is 0 Å². The molecular formula is C11H19F3N2O2. The summed E-state index contributed by atoms with van der Waals surface area (Å²) >= 11 is 0. The van der Waals surface area contributed by atoms with Crippen LogP contribution in [0, 0.1) is 5.92 Å². The number of nitrogens with zero attached hydrogens (tertiary/aromatic N) is 1. The van der Waals surface area contributed by atoms with Crippen molar-refractivity contribution in [3.8, 4) is 0 Å². The normalized spacial score (nSPS) is 25.8. The minimum absolute atomic E-state index is 0.250. The van der Waals surface area contributed by atoms with E-state index in [9.17, 15) is 18.0 Å². The lowest BCUT2D eigenvalue weighted by Gasteiger charge is -2.36. The van der Waals surface area contributed by atoms with E-state index in [4.69, 9.17) is 4.74 Å². The summed E-state index contributed by atoms with van der Waals surface area (Å²) in [5.41, 5.74) is 0. The minimum atomic E-state index is -4.16. The molecule has 1 rings (SSSR count). The molecule has 1 fully saturated rings. The van der Waals surface area contributed by atoms with Crippen molar-refractivity contribution in [2.75, 3.05) is 26.7 Å². The Morgan fingerprint density at radius 1 is 1.44 bits per heavy atom. The summed E-state index contributed by atoms with van der Waals surface area (Å²) in [6.07, 6.45) is -5.19. The first-order valence-electron chi connectivity index (χ1n) is 5.98. The fourth-order valence-corrected chi connectivity index (χ4v) is 2.36. The Bertz CT molecular complexity index is 284. The lowest BCUT2D eigenvalue weighted by Crippen LogP contribution is -2.50. The lowest BCUT2D eigenvalue weighted by molar-refractivity contribution is -0.148. The fraction of sp³-hybridized carbons (Fsp3) is 0.909. The molecule has 106 valence electrons. The molecule has 0 aromatic heterocycles. The van der Waals surface area contributed by atoms with Gasteiger partial charge in [0.05, 0.1) is 6.61 Å². The highest BCUT2D eigenvalue weighted by atomic mass is 19.4. The van der Waals surface area contributed by atoms with E-state index in [1.54, 1.807) is 18.9 Å². The molecule has 2 atom stereocenters. The molecule has 0 aliphatic carbocycles. The maximum absolute atomic E-state index is 12.3. The van der Waals surface area contributed by atoms with Crippen molar-refractivity contribution in [2.24, 2.45) is 5.92 Å². The van der Waals surface area contributed by atoms with Gasteiger partial charge in [0.1, 0.15) is 0 Å². The average molecular weight is 268 g/mol. The highest BCUT2D eigenvalue weighted by Crippen LogP contribution is 2.29. The molecule has 0 spiro atoms. The number of piperidine rings is 1. The van der Waals surface area contributed by atoms with Gasteiger partial charge in [0.25, 0.3) is 0 Å². The summed E-state index contributed by atoms with van der Waals surface area (Å²) in [4.78, 5) is 13.0. The largest absolute Gasteiger partial charge is 0.450 e. The smallest absolute Gasteiger partial charge is 0.407 e. The first-order valence-corrected chi connectivity index (χ1v) is 5.98. The standard InChI is InChI=1S/C11H19F3N2O2/c1-3-18-10(17)15-9-4-8(5-11(12,13)14)6-16(2)7-9/h8-9H,3-7H2,1-2H3,(H,15,17). The number of likely N-dealkylation sites (N-methyl/N-ethyl adjacent to an activating group) is 1. The Morgan fingerprint density at radius 2 is 2.11 bits per heavy atom. The molecular weight excluding hydrogens is 249 g/mol. The topological polar surface area (TPSA) is 41.6 Å². The van der Waals surface area contributed by atoms with E-state index in [1.807, 2.05) is 0 Å². The van der Waals surface area contributed by atoms with Crippen molar-refractivity contribution >= 4 is 6.09 Å². The molecule has 1 saturated heterocycles. The number of alkyl halides is 3. The number of nitrogens with one attached hydrogen (secondary N) is 1. The van der Waals surface area contributed by atoms with Gasteiger partial charge < -0.3 is 15.0 Å². The van der Waals surface area contributed by atoms with Gasteiger partial charge in [-0.05, 0) is 26.3 Å². The van der Waals surface area contributed by atoms with Crippen LogP contribution in [0.25, 0.3) is 0 Å². The van der Waals surface area contributed by atoms with Gasteiger partial charge in [0.2, 0.25) is 0 Å². The molecule has 1 heterocycles. The molecule has 0 aromatic carbocycles. The molecule has 7 heteroatoms. The van der Waals surface area contributed by atoms with Crippen molar-refractivity contribution in [3.63, 3.8) is 0 Å². The van der Waals surface area contributed by atoms with Crippen LogP contribution in [-0.2, 0) is 4.74 Å². The van der Waals surface area contributed by atoms with Crippen molar-refractivity contribution in [3.05, 3.63) is 0 Å². The molecule has 0 aromatic rings. The third-order valence-electron chi connectivity index (χ3n) is 2.84. The van der Waals surface area contributed by atoms with E-state index in [2.05, 4.69) is 5.32 Å². The van der Waals surface area contributed by atoms with Crippen molar-refractivity contribution in [1.29, 1.82) is 0 Å². The van der Waals surface area contributed by atoms with Crippen LogP contribution >= 0.6 is 0 Å². The van der Waals surface area contributed by atoms with Gasteiger partial charge in [0, 0.05) is 25.6 Å². The number of hydrogen-bond acceptors (Lipinski definition) is 3. The van der Waals surface area contributed by atoms with Crippen molar-refractivity contribution in [2.45, 2.75) is 32.0 Å². The Balaban J connectivity index is 2.47. The summed E-state index contributed by atoms with van der Waals surface area (Å²) in [5.74, 6) is -0.476. The second kappa shape index (κ2) is 6.26. The zero-order valence-corrected chi connectivity index (χ0v) is 10.6. The Hall–Kier alpha value is -0.980. The van der Waals surface area contributed by atoms with Crippen LogP contribution in [-0.4, -0.2) is 50.0 Å². The zero-order valence-electron chi connectivity index (χ0n) is 10.6. The fourth-order valence-electron chi connectivity index (χ4n) is 2.36. The van der Waals surface area contributed by atoms with Crippen LogP contribution in [0.5, 0.6) is 0 Å². The van der Waals surface area contributed by atoms with Gasteiger partial charge in [-0.1, -0.05) is 0 Å². The number of alkyl carbamates (subject to hydrolysis) is 1. The zero-order chi connectivity index (χ0) is 13.8. The highest BCUT2D eigenvalue weighted by Gasteiger charge is 2.36. The van der Waals surface area contributed by atoms with Crippen molar-refractivity contribution < 1.29 is 22.7 Å². The summed E-state index contributed by atoms with van der Waals surface area (Å²) in [6.45, 7) is 2.88. The first-order chi connectivity index (χ1) is 8.30. The first kappa shape index (κ1) is 15.1. The molecule has 1 aliphatic rings. The third kappa shape index (κ3) is 5.57. The third-order valence-corrected chi connectivity index (χ3v) is 2.84. The van der Waals surface area contributed by atoms with Gasteiger partial charge in [-0.2, -0.15) is 13.2 Å². The van der Waals surface area contributed by atoms with E-state index in [0.717, 1.165) is 0 Å². The second-order valence-corrected chi connectivity index (χ2v) is 4.70. The summed E-state index contributed by atoms with van der Waals surface area (Å²) < 4.78 is 41.8. The van der Waals surface area contributed by atoms with Gasteiger partial charge in [0.15, 0.2) is 0 Å². The number of hydrogen-bond donors (Lipinski definition) is 1. The number of likely N-dealkylation sites (tertiary alicyclic amines) is 1. The maximum Gasteiger partial charge on any atom is 0.407 e. The molecule has 1 aliphatic heterocycles. The predicted octanol–water partition coefficient (Wildman–Crippen LogP) is 2.01. The van der Waals surface area contributed by atoms with Crippen molar-refractivity contribution in [1.82, 2.24) is 10.2 Å². The number of rotatable bonds is 3. The molecule has 4 nitrogen and oxygen atoms in total. The number of amides is 1. The van der Waals surface area contributed by atoms with Gasteiger partial charge in [-0.3, -0.25) is 0 Å². The molecule has 1 amide bonds. The van der Waals surface area contributed by atoms with Gasteiger partial charge in [-0.25, -0.2) is 4.79 Å². The Morgan fingerprint density at radius 3 is 2.67 bits per heavy atom. The second-order valence-electron chi connectivity index (χ2n) is 4.70. The summed E-state index contributed by atoms with van der Waals surface area (Å²) in [6, 6.07) is -0.282. The number of carbonyl (C=O) groups is 1. The summed E-state index contributed by atoms with van der Waals surface area (Å²) in [7, 11) is 1.75. The summed E-state index contributed by atoms with van der Waals surface area (Å²) in [5, 5.41) is 2.60. The van der Waals surface area contributed by atoms with Crippen LogP contribution in [0.2, 0.25) is 0 Å². The van der Waals surface area contributed by atoms with Crippen LogP contribution in [0.4, 0.5) is 18.0 Å². The molecule has 0 bridgehead atoms. The van der Waals surface area contributed by atoms with Crippen LogP contribution in [0.1, 0.15) is 19.8 Å². The number of carbonyl (C=O) groups excluding carboxylic acids is 1. The molecule has 18 heavy (non-hydrogen) atoms. The van der Waals surface area contributed by atoms with E-state index >= 15 is 0 Å². The van der Waals surface area contributed by atoms with Crippen LogP contribution < -0.4 is 5.32 Å². The highest BCUT2D eigenvalue weighted by molar-refractivity contribution is 5.67. The van der Waals surface area contributed by atoms with E-state index < -0.39 is 24.6 Å².